The molecule has 7 heteroatoms. The number of carbonyl (C=O) groups excluding carboxylic acids is 1. The van der Waals surface area contributed by atoms with Crippen molar-refractivity contribution in [3.63, 3.8) is 0 Å². The number of allylic oxidation sites excluding steroid dienone is 1. The van der Waals surface area contributed by atoms with Gasteiger partial charge in [0, 0.05) is 10.9 Å². The molecule has 0 saturated carbocycles. The molecule has 3 nitrogen and oxygen atoms in total. The van der Waals surface area contributed by atoms with Gasteiger partial charge < -0.3 is 0 Å². The van der Waals surface area contributed by atoms with Crippen molar-refractivity contribution in [3.05, 3.63) is 35.0 Å². The van der Waals surface area contributed by atoms with Crippen molar-refractivity contribution in [3.8, 4) is 0 Å². The molecule has 0 radical (unpaired) electrons. The van der Waals surface area contributed by atoms with Gasteiger partial charge in [-0.25, -0.2) is 13.2 Å². The van der Waals surface area contributed by atoms with E-state index in [1.54, 1.807) is 13.0 Å². The molecule has 0 aliphatic carbocycles. The van der Waals surface area contributed by atoms with E-state index in [0.717, 1.165) is 11.8 Å². The van der Waals surface area contributed by atoms with Gasteiger partial charge in [-0.2, -0.15) is 5.10 Å². The first kappa shape index (κ1) is 13.5. The third-order valence-electron chi connectivity index (χ3n) is 2.48. The van der Waals surface area contributed by atoms with Crippen molar-refractivity contribution in [2.24, 2.45) is 0 Å². The zero-order valence-corrected chi connectivity index (χ0v) is 12.4. The molecule has 0 aliphatic heterocycles. The van der Waals surface area contributed by atoms with Crippen molar-refractivity contribution in [1.82, 2.24) is 9.55 Å². The van der Waals surface area contributed by atoms with E-state index < -0.39 is 11.6 Å². The van der Waals surface area contributed by atoms with E-state index in [1.807, 2.05) is 0 Å². The lowest BCUT2D eigenvalue weighted by molar-refractivity contribution is -0.106. The number of aromatic nitrogens is 2. The van der Waals surface area contributed by atoms with Crippen LogP contribution in [-0.4, -0.2) is 15.8 Å². The summed E-state index contributed by atoms with van der Waals surface area (Å²) in [5, 5.41) is 4.90. The lowest BCUT2D eigenvalue weighted by Crippen LogP contribution is -1.90. The smallest absolute Gasteiger partial charge is 0.178 e. The van der Waals surface area contributed by atoms with Crippen LogP contribution >= 0.6 is 28.4 Å². The second-order valence-electron chi connectivity index (χ2n) is 3.59. The summed E-state index contributed by atoms with van der Waals surface area (Å²) in [5.41, 5.74) is 1.11. The van der Waals surface area contributed by atoms with Gasteiger partial charge in [-0.3, -0.25) is 4.79 Å². The first-order valence-corrected chi connectivity index (χ1v) is 9.01. The molecule has 1 atom stereocenters. The molecular weight excluding hydrogens is 372 g/mol. The Morgan fingerprint density at radius 1 is 1.56 bits per heavy atom. The molecule has 0 spiro atoms. The topological polar surface area (TPSA) is 34.9 Å². The van der Waals surface area contributed by atoms with Crippen molar-refractivity contribution in [2.45, 2.75) is 6.92 Å². The van der Waals surface area contributed by atoms with Crippen molar-refractivity contribution in [1.29, 1.82) is 0 Å². The standard InChI is InChI=1S/C11H8F2IN2OP/c1-6-9-3-2-7(4-8(12)5-17)10(13)11(9)16(15-6)18-14/h2-5,18H,1H3/b8-4-. The van der Waals surface area contributed by atoms with Gasteiger partial charge in [-0.15, -0.1) is 0 Å². The number of benzene rings is 1. The molecule has 0 bridgehead atoms. The zero-order chi connectivity index (χ0) is 13.3. The molecule has 0 aliphatic rings. The third-order valence-corrected chi connectivity index (χ3v) is 4.34. The van der Waals surface area contributed by atoms with Crippen LogP contribution in [0, 0.1) is 12.7 Å². The molecule has 0 saturated heterocycles. The van der Waals surface area contributed by atoms with E-state index in [-0.39, 0.29) is 18.2 Å². The number of carbonyl (C=O) groups is 1. The molecule has 1 aromatic carbocycles. The van der Waals surface area contributed by atoms with Crippen LogP contribution in [0.15, 0.2) is 18.0 Å². The zero-order valence-electron chi connectivity index (χ0n) is 9.25. The minimum atomic E-state index is -1.01. The van der Waals surface area contributed by atoms with E-state index in [4.69, 9.17) is 0 Å². The van der Waals surface area contributed by atoms with Gasteiger partial charge in [0.15, 0.2) is 17.9 Å². The monoisotopic (exact) mass is 380 g/mol. The molecule has 18 heavy (non-hydrogen) atoms. The van der Waals surface area contributed by atoms with E-state index in [9.17, 15) is 13.6 Å². The molecular formula is C11H8F2IN2OP. The Bertz CT molecular complexity index is 654. The van der Waals surface area contributed by atoms with Gasteiger partial charge in [-0.1, -0.05) is 12.1 Å². The predicted molar refractivity (Wildman–Crippen MR) is 77.3 cm³/mol. The number of hydrogen-bond acceptors (Lipinski definition) is 2. The summed E-state index contributed by atoms with van der Waals surface area (Å²) >= 11 is 2.09. The van der Waals surface area contributed by atoms with Crippen LogP contribution in [-0.2, 0) is 4.79 Å². The maximum Gasteiger partial charge on any atom is 0.178 e. The molecule has 1 unspecified atom stereocenters. The Labute approximate surface area is 117 Å². The number of aldehydes is 1. The first-order valence-electron chi connectivity index (χ1n) is 4.95. The van der Waals surface area contributed by atoms with Crippen LogP contribution in [0.5, 0.6) is 0 Å². The Balaban J connectivity index is 2.74. The Hall–Kier alpha value is -0.880. The summed E-state index contributed by atoms with van der Waals surface area (Å²) in [6, 6.07) is 3.12. The van der Waals surface area contributed by atoms with E-state index in [0.29, 0.717) is 10.9 Å². The number of fused-ring (bicyclic) bond motifs is 1. The van der Waals surface area contributed by atoms with Crippen molar-refractivity contribution >= 4 is 51.7 Å². The SMILES string of the molecule is Cc1nn(PI)c2c(F)c(/C=C(\F)C=O)ccc12. The molecule has 94 valence electrons. The average molecular weight is 380 g/mol. The molecule has 1 heterocycles. The average Bonchev–Trinajstić information content (AvgIpc) is 2.70. The summed E-state index contributed by atoms with van der Waals surface area (Å²) in [4.78, 5) is 10.2. The van der Waals surface area contributed by atoms with Crippen LogP contribution in [0.2, 0.25) is 0 Å². The van der Waals surface area contributed by atoms with Gasteiger partial charge in [0.25, 0.3) is 0 Å². The highest BCUT2D eigenvalue weighted by atomic mass is 127. The predicted octanol–water partition coefficient (Wildman–Crippen LogP) is 3.78. The van der Waals surface area contributed by atoms with E-state index in [1.165, 1.54) is 10.5 Å². The highest BCUT2D eigenvalue weighted by Crippen LogP contribution is 2.33. The van der Waals surface area contributed by atoms with Crippen LogP contribution < -0.4 is 0 Å². The Kier molecular flexibility index (Phi) is 4.07. The van der Waals surface area contributed by atoms with Crippen molar-refractivity contribution in [2.75, 3.05) is 0 Å². The number of aryl methyl sites for hydroxylation is 1. The number of hydrogen-bond donors (Lipinski definition) is 0. The quantitative estimate of drug-likeness (QED) is 0.352. The maximum absolute atomic E-state index is 14.2. The van der Waals surface area contributed by atoms with E-state index >= 15 is 0 Å². The molecule has 2 rings (SSSR count). The van der Waals surface area contributed by atoms with Crippen LogP contribution in [0.25, 0.3) is 17.0 Å². The van der Waals surface area contributed by atoms with Gasteiger partial charge in [0.1, 0.15) is 5.52 Å². The first-order chi connectivity index (χ1) is 8.58. The lowest BCUT2D eigenvalue weighted by atomic mass is 10.1. The maximum atomic E-state index is 14.2. The molecule has 0 N–H and O–H groups in total. The van der Waals surface area contributed by atoms with Gasteiger partial charge in [0.05, 0.1) is 12.1 Å². The summed E-state index contributed by atoms with van der Waals surface area (Å²) in [6.45, 7) is 1.79. The summed E-state index contributed by atoms with van der Waals surface area (Å²) in [6.07, 6.45) is 1.17. The number of halogens is 3. The molecule has 0 fully saturated rings. The minimum absolute atomic E-state index is 0.0444. The summed E-state index contributed by atoms with van der Waals surface area (Å²) in [7, 11) is 0. The number of rotatable bonds is 3. The molecule has 1 aromatic heterocycles. The van der Waals surface area contributed by atoms with Crippen LogP contribution in [0.4, 0.5) is 8.78 Å². The largest absolute Gasteiger partial charge is 0.295 e. The summed E-state index contributed by atoms with van der Waals surface area (Å²) < 4.78 is 28.7. The second-order valence-corrected chi connectivity index (χ2v) is 5.63. The Morgan fingerprint density at radius 3 is 2.89 bits per heavy atom. The molecule has 2 aromatic rings. The van der Waals surface area contributed by atoms with Crippen LogP contribution in [0.3, 0.4) is 0 Å². The fraction of sp³-hybridized carbons (Fsp3) is 0.0909. The van der Waals surface area contributed by atoms with Gasteiger partial charge >= 0.3 is 0 Å². The highest BCUT2D eigenvalue weighted by molar-refractivity contribution is 14.2. The summed E-state index contributed by atoms with van der Waals surface area (Å²) in [5.74, 6) is -1.57. The normalized spacial score (nSPS) is 12.8. The fourth-order valence-corrected chi connectivity index (χ4v) is 3.23. The molecule has 0 amide bonds. The van der Waals surface area contributed by atoms with Crippen LogP contribution in [0.1, 0.15) is 11.3 Å². The minimum Gasteiger partial charge on any atom is -0.295 e. The van der Waals surface area contributed by atoms with E-state index in [2.05, 4.69) is 27.1 Å². The number of nitrogens with zero attached hydrogens (tertiary/aromatic N) is 2. The second kappa shape index (κ2) is 5.40. The van der Waals surface area contributed by atoms with Crippen molar-refractivity contribution < 1.29 is 13.6 Å². The fourth-order valence-electron chi connectivity index (χ4n) is 1.69. The van der Waals surface area contributed by atoms with Gasteiger partial charge in [-0.05, 0) is 35.0 Å². The Morgan fingerprint density at radius 2 is 2.28 bits per heavy atom. The highest BCUT2D eigenvalue weighted by Gasteiger charge is 2.14. The van der Waals surface area contributed by atoms with Gasteiger partial charge in [0.2, 0.25) is 0 Å². The third kappa shape index (κ3) is 2.31. The lowest BCUT2D eigenvalue weighted by Gasteiger charge is -2.02.